The number of likely N-dealkylation sites (tertiary alicyclic amines) is 1. The van der Waals surface area contributed by atoms with Gasteiger partial charge in [0.1, 0.15) is 11.6 Å². The van der Waals surface area contributed by atoms with Crippen molar-refractivity contribution in [2.45, 2.75) is 18.9 Å². The van der Waals surface area contributed by atoms with E-state index in [0.29, 0.717) is 17.9 Å². The first-order chi connectivity index (χ1) is 13.3. The molecule has 3 heterocycles. The van der Waals surface area contributed by atoms with Crippen LogP contribution >= 0.6 is 11.3 Å². The number of benzene rings is 1. The predicted octanol–water partition coefficient (Wildman–Crippen LogP) is 3.58. The Kier molecular flexibility index (Phi) is 5.01. The van der Waals surface area contributed by atoms with Gasteiger partial charge in [-0.05, 0) is 53.9 Å². The monoisotopic (exact) mass is 377 g/mol. The highest BCUT2D eigenvalue weighted by Crippen LogP contribution is 2.32. The zero-order valence-corrected chi connectivity index (χ0v) is 15.5. The second-order valence-corrected chi connectivity index (χ2v) is 7.28. The third-order valence-electron chi connectivity index (χ3n) is 4.79. The van der Waals surface area contributed by atoms with E-state index >= 15 is 0 Å². The molecular formula is C20H19N5OS. The molecule has 1 saturated heterocycles. The van der Waals surface area contributed by atoms with E-state index < -0.39 is 0 Å². The topological polar surface area (TPSA) is 74.0 Å². The van der Waals surface area contributed by atoms with Gasteiger partial charge < -0.3 is 5.32 Å². The average molecular weight is 377 g/mol. The van der Waals surface area contributed by atoms with Gasteiger partial charge in [0.2, 0.25) is 5.91 Å². The summed E-state index contributed by atoms with van der Waals surface area (Å²) in [6.45, 7) is 1.20. The van der Waals surface area contributed by atoms with Gasteiger partial charge in [-0.15, -0.1) is 0 Å². The lowest BCUT2D eigenvalue weighted by molar-refractivity contribution is -0.117. The number of anilines is 1. The molecule has 1 aliphatic rings. The molecule has 7 heteroatoms. The van der Waals surface area contributed by atoms with Crippen LogP contribution in [0, 0.1) is 11.3 Å². The highest BCUT2D eigenvalue weighted by molar-refractivity contribution is 7.07. The zero-order valence-electron chi connectivity index (χ0n) is 14.7. The molecule has 2 aromatic heterocycles. The van der Waals surface area contributed by atoms with E-state index in [9.17, 15) is 10.1 Å². The second kappa shape index (κ2) is 7.74. The van der Waals surface area contributed by atoms with Crippen molar-refractivity contribution < 1.29 is 4.79 Å². The minimum absolute atomic E-state index is 0.133. The van der Waals surface area contributed by atoms with E-state index in [1.165, 1.54) is 11.8 Å². The van der Waals surface area contributed by atoms with Gasteiger partial charge in [0.15, 0.2) is 5.82 Å². The summed E-state index contributed by atoms with van der Waals surface area (Å²) < 4.78 is 1.59. The van der Waals surface area contributed by atoms with E-state index in [-0.39, 0.29) is 11.9 Å². The molecule has 0 saturated carbocycles. The second-order valence-electron chi connectivity index (χ2n) is 6.50. The zero-order chi connectivity index (χ0) is 18.6. The van der Waals surface area contributed by atoms with Crippen molar-refractivity contribution in [2.24, 2.45) is 0 Å². The fraction of sp³-hybridized carbons (Fsp3) is 0.250. The number of nitriles is 1. The Morgan fingerprint density at radius 3 is 2.93 bits per heavy atom. The lowest BCUT2D eigenvalue weighted by Gasteiger charge is -2.23. The van der Waals surface area contributed by atoms with Crippen LogP contribution in [-0.4, -0.2) is 33.7 Å². The summed E-state index contributed by atoms with van der Waals surface area (Å²) in [4.78, 5) is 14.9. The van der Waals surface area contributed by atoms with Gasteiger partial charge >= 0.3 is 0 Å². The number of amides is 1. The first kappa shape index (κ1) is 17.5. The molecule has 4 rings (SSSR count). The summed E-state index contributed by atoms with van der Waals surface area (Å²) >= 11 is 1.68. The highest BCUT2D eigenvalue weighted by atomic mass is 32.1. The summed E-state index contributed by atoms with van der Waals surface area (Å²) in [5, 5.41) is 20.8. The maximum atomic E-state index is 12.7. The van der Waals surface area contributed by atoms with Crippen LogP contribution in [0.3, 0.4) is 0 Å². The molecule has 27 heavy (non-hydrogen) atoms. The van der Waals surface area contributed by atoms with Gasteiger partial charge in [-0.1, -0.05) is 18.2 Å². The number of para-hydroxylation sites is 1. The molecule has 1 amide bonds. The molecular weight excluding hydrogens is 358 g/mol. The van der Waals surface area contributed by atoms with Crippen LogP contribution in [0.5, 0.6) is 0 Å². The summed E-state index contributed by atoms with van der Waals surface area (Å²) in [6.07, 6.45) is 3.63. The number of carbonyl (C=O) groups is 1. The summed E-state index contributed by atoms with van der Waals surface area (Å²) in [5.41, 5.74) is 2.42. The number of carbonyl (C=O) groups excluding carboxylic acids is 1. The Balaban J connectivity index is 1.52. The Hall–Kier alpha value is -2.95. The fourth-order valence-electron chi connectivity index (χ4n) is 3.53. The van der Waals surface area contributed by atoms with E-state index in [2.05, 4.69) is 38.2 Å². The Bertz CT molecular complexity index is 958. The minimum Gasteiger partial charge on any atom is -0.308 e. The number of hydrogen-bond donors (Lipinski definition) is 1. The molecule has 1 aromatic carbocycles. The summed E-state index contributed by atoms with van der Waals surface area (Å²) in [6, 6.07) is 14.0. The smallest absolute Gasteiger partial charge is 0.239 e. The maximum absolute atomic E-state index is 12.7. The van der Waals surface area contributed by atoms with Gasteiger partial charge in [-0.25, -0.2) is 4.68 Å². The fourth-order valence-corrected chi connectivity index (χ4v) is 4.24. The minimum atomic E-state index is -0.133. The van der Waals surface area contributed by atoms with Crippen LogP contribution in [0.4, 0.5) is 5.82 Å². The average Bonchev–Trinajstić information content (AvgIpc) is 3.43. The van der Waals surface area contributed by atoms with Gasteiger partial charge in [-0.3, -0.25) is 9.69 Å². The van der Waals surface area contributed by atoms with Gasteiger partial charge in [0.05, 0.1) is 18.4 Å². The van der Waals surface area contributed by atoms with E-state index in [1.807, 2.05) is 30.3 Å². The first-order valence-corrected chi connectivity index (χ1v) is 9.80. The molecule has 1 aliphatic heterocycles. The number of rotatable bonds is 5. The molecule has 0 unspecified atom stereocenters. The van der Waals surface area contributed by atoms with Crippen molar-refractivity contribution in [3.63, 3.8) is 0 Å². The number of nitrogens with zero attached hydrogens (tertiary/aromatic N) is 4. The lowest BCUT2D eigenvalue weighted by Crippen LogP contribution is -2.33. The molecule has 1 atom stereocenters. The SMILES string of the molecule is N#Cc1cnn(-c2ccccc2)c1NC(=O)CN1CCC[C@@H]1c1ccsc1. The highest BCUT2D eigenvalue weighted by Gasteiger charge is 2.28. The van der Waals surface area contributed by atoms with Gasteiger partial charge in [0.25, 0.3) is 0 Å². The molecule has 0 aliphatic carbocycles. The first-order valence-electron chi connectivity index (χ1n) is 8.86. The Morgan fingerprint density at radius 1 is 1.33 bits per heavy atom. The predicted molar refractivity (Wildman–Crippen MR) is 105 cm³/mol. The third kappa shape index (κ3) is 3.63. The molecule has 0 bridgehead atoms. The maximum Gasteiger partial charge on any atom is 0.239 e. The van der Waals surface area contributed by atoms with Crippen LogP contribution in [0.25, 0.3) is 5.69 Å². The molecule has 1 N–H and O–H groups in total. The van der Waals surface area contributed by atoms with Crippen molar-refractivity contribution in [3.8, 4) is 11.8 Å². The van der Waals surface area contributed by atoms with E-state index in [4.69, 9.17) is 0 Å². The van der Waals surface area contributed by atoms with Crippen molar-refractivity contribution >= 4 is 23.1 Å². The normalized spacial score (nSPS) is 16.9. The Morgan fingerprint density at radius 2 is 2.19 bits per heavy atom. The van der Waals surface area contributed by atoms with Crippen molar-refractivity contribution in [1.29, 1.82) is 5.26 Å². The number of hydrogen-bond acceptors (Lipinski definition) is 5. The quantitative estimate of drug-likeness (QED) is 0.737. The standard InChI is InChI=1S/C20H19N5OS/c21-11-16-12-22-25(17-5-2-1-3-6-17)20(16)23-19(26)13-24-9-4-7-18(24)15-8-10-27-14-15/h1-3,5-6,8,10,12,14,18H,4,7,9,13H2,(H,23,26)/t18-/m1/s1. The van der Waals surface area contributed by atoms with Crippen molar-refractivity contribution in [2.75, 3.05) is 18.4 Å². The van der Waals surface area contributed by atoms with Gasteiger partial charge in [-0.2, -0.15) is 21.7 Å². The van der Waals surface area contributed by atoms with Crippen LogP contribution in [-0.2, 0) is 4.79 Å². The number of thiophene rings is 1. The third-order valence-corrected chi connectivity index (χ3v) is 5.49. The summed E-state index contributed by atoms with van der Waals surface area (Å²) in [5.74, 6) is 0.284. The largest absolute Gasteiger partial charge is 0.308 e. The van der Waals surface area contributed by atoms with E-state index in [0.717, 1.165) is 25.1 Å². The molecule has 6 nitrogen and oxygen atoms in total. The molecule has 1 fully saturated rings. The molecule has 3 aromatic rings. The summed E-state index contributed by atoms with van der Waals surface area (Å²) in [7, 11) is 0. The molecule has 136 valence electrons. The molecule has 0 spiro atoms. The van der Waals surface area contributed by atoms with Crippen molar-refractivity contribution in [3.05, 3.63) is 64.5 Å². The van der Waals surface area contributed by atoms with Gasteiger partial charge in [0, 0.05) is 6.04 Å². The van der Waals surface area contributed by atoms with Crippen molar-refractivity contribution in [1.82, 2.24) is 14.7 Å². The lowest BCUT2D eigenvalue weighted by atomic mass is 10.1. The molecule has 0 radical (unpaired) electrons. The van der Waals surface area contributed by atoms with E-state index in [1.54, 1.807) is 16.0 Å². The van der Waals surface area contributed by atoms with Crippen LogP contribution in [0.1, 0.15) is 30.0 Å². The number of aromatic nitrogens is 2. The van der Waals surface area contributed by atoms with Crippen LogP contribution in [0.15, 0.2) is 53.4 Å². The van der Waals surface area contributed by atoms with Crippen LogP contribution in [0.2, 0.25) is 0 Å². The number of nitrogens with one attached hydrogen (secondary N) is 1. The van der Waals surface area contributed by atoms with Crippen LogP contribution < -0.4 is 5.32 Å². The Labute approximate surface area is 161 Å².